The second-order valence-corrected chi connectivity index (χ2v) is 11.0. The Hall–Kier alpha value is -2.08. The van der Waals surface area contributed by atoms with Gasteiger partial charge in [0.2, 0.25) is 0 Å². The van der Waals surface area contributed by atoms with Gasteiger partial charge < -0.3 is 25.3 Å². The van der Waals surface area contributed by atoms with Gasteiger partial charge in [0.15, 0.2) is 5.60 Å². The second kappa shape index (κ2) is 13.1. The molecule has 2 amide bonds. The number of anilines is 1. The number of nitrogens with one attached hydrogen (secondary N) is 1. The molecule has 2 aliphatic heterocycles. The molecule has 0 bridgehead atoms. The molecule has 12 heteroatoms. The number of hydrogen-bond acceptors (Lipinski definition) is 6. The van der Waals surface area contributed by atoms with Crippen molar-refractivity contribution >= 4 is 54.2 Å². The minimum absolute atomic E-state index is 0. The highest BCUT2D eigenvalue weighted by Gasteiger charge is 2.40. The summed E-state index contributed by atoms with van der Waals surface area (Å²) < 4.78 is 13.6. The summed E-state index contributed by atoms with van der Waals surface area (Å²) in [6, 6.07) is 9.40. The zero-order valence-corrected chi connectivity index (χ0v) is 24.5. The van der Waals surface area contributed by atoms with Gasteiger partial charge in [-0.2, -0.15) is 13.5 Å². The Morgan fingerprint density at radius 1 is 1.15 bits per heavy atom. The van der Waals surface area contributed by atoms with E-state index in [-0.39, 0.29) is 59.8 Å². The largest absolute Gasteiger partial charge is 0.395 e. The fraction of sp³-hybridized carbons (Fsp3) is 0.481. The Morgan fingerprint density at radius 2 is 1.77 bits per heavy atom. The molecule has 2 fully saturated rings. The number of hydrogen-bond donors (Lipinski definition) is 3. The van der Waals surface area contributed by atoms with Gasteiger partial charge in [0.1, 0.15) is 5.82 Å². The maximum absolute atomic E-state index is 13.6. The van der Waals surface area contributed by atoms with E-state index in [2.05, 4.69) is 10.2 Å². The topological polar surface area (TPSA) is 96.4 Å². The first kappa shape index (κ1) is 31.4. The van der Waals surface area contributed by atoms with E-state index in [4.69, 9.17) is 28.3 Å². The van der Waals surface area contributed by atoms with Gasteiger partial charge in [-0.3, -0.25) is 14.5 Å². The van der Waals surface area contributed by atoms with Gasteiger partial charge in [-0.15, -0.1) is 0 Å². The lowest BCUT2D eigenvalue weighted by Crippen LogP contribution is -2.61. The average Bonchev–Trinajstić information content (AvgIpc) is 2.85. The van der Waals surface area contributed by atoms with Crippen LogP contribution >= 0.6 is 36.7 Å². The van der Waals surface area contributed by atoms with Crippen molar-refractivity contribution in [3.05, 3.63) is 63.4 Å². The maximum Gasteiger partial charge on any atom is 0.258 e. The van der Waals surface area contributed by atoms with Crippen LogP contribution < -0.4 is 5.32 Å². The first-order chi connectivity index (χ1) is 18.0. The van der Waals surface area contributed by atoms with Gasteiger partial charge in [0.25, 0.3) is 11.8 Å². The summed E-state index contributed by atoms with van der Waals surface area (Å²) in [4.78, 5) is 31.0. The van der Waals surface area contributed by atoms with E-state index < -0.39 is 17.3 Å². The Balaban J connectivity index is 0.00000420. The van der Waals surface area contributed by atoms with E-state index >= 15 is 0 Å². The third-order valence-electron chi connectivity index (χ3n) is 7.39. The van der Waals surface area contributed by atoms with Gasteiger partial charge in [-0.05, 0) is 49.6 Å². The zero-order valence-electron chi connectivity index (χ0n) is 22.0. The third kappa shape index (κ3) is 6.99. The van der Waals surface area contributed by atoms with Crippen LogP contribution in [0.1, 0.15) is 35.7 Å². The summed E-state index contributed by atoms with van der Waals surface area (Å²) in [6.45, 7) is 4.12. The van der Waals surface area contributed by atoms with Crippen molar-refractivity contribution in [1.82, 2.24) is 14.7 Å². The number of rotatable bonds is 8. The number of amides is 2. The lowest BCUT2D eigenvalue weighted by atomic mass is 9.92. The fourth-order valence-electron chi connectivity index (χ4n) is 5.10. The van der Waals surface area contributed by atoms with Crippen molar-refractivity contribution in [3.8, 4) is 0 Å². The molecule has 4 rings (SSSR count). The van der Waals surface area contributed by atoms with Crippen LogP contribution in [-0.4, -0.2) is 95.2 Å². The van der Waals surface area contributed by atoms with Gasteiger partial charge in [0.05, 0.1) is 28.3 Å². The number of aliphatic hydroxyl groups is 2. The van der Waals surface area contributed by atoms with Gasteiger partial charge in [-0.25, -0.2) is 4.39 Å². The Bertz CT molecular complexity index is 1170. The van der Waals surface area contributed by atoms with Crippen LogP contribution in [0, 0.1) is 5.82 Å². The van der Waals surface area contributed by atoms with Gasteiger partial charge in [0, 0.05) is 51.5 Å². The molecule has 2 aliphatic rings. The van der Waals surface area contributed by atoms with E-state index in [1.807, 2.05) is 0 Å². The minimum Gasteiger partial charge on any atom is -0.395 e. The van der Waals surface area contributed by atoms with Crippen LogP contribution in [0.15, 0.2) is 36.4 Å². The number of benzene rings is 2. The number of nitrogens with zero attached hydrogens (tertiary/aromatic N) is 3. The van der Waals surface area contributed by atoms with Crippen LogP contribution in [0.4, 0.5) is 10.1 Å². The number of piperidine rings is 1. The molecule has 1 atom stereocenters. The predicted octanol–water partition coefficient (Wildman–Crippen LogP) is 3.30. The predicted molar refractivity (Wildman–Crippen MR) is 155 cm³/mol. The second-order valence-electron chi connectivity index (χ2n) is 10.2. The van der Waals surface area contributed by atoms with Crippen LogP contribution in [0.25, 0.3) is 0 Å². The van der Waals surface area contributed by atoms with E-state index in [1.54, 1.807) is 30.1 Å². The van der Waals surface area contributed by atoms with E-state index in [0.29, 0.717) is 19.1 Å². The Labute approximate surface area is 245 Å². The van der Waals surface area contributed by atoms with Crippen molar-refractivity contribution in [2.75, 3.05) is 51.7 Å². The highest BCUT2D eigenvalue weighted by Crippen LogP contribution is 2.32. The summed E-state index contributed by atoms with van der Waals surface area (Å²) in [5.41, 5.74) is -0.595. The molecule has 2 aromatic carbocycles. The molecule has 0 radical (unpaired) electrons. The molecule has 0 aliphatic carbocycles. The Morgan fingerprint density at radius 3 is 2.33 bits per heavy atom. The van der Waals surface area contributed by atoms with Gasteiger partial charge >= 0.3 is 0 Å². The number of likely N-dealkylation sites (N-methyl/N-ethyl adjacent to an activating group) is 1. The van der Waals surface area contributed by atoms with Crippen LogP contribution in [0.2, 0.25) is 10.0 Å². The van der Waals surface area contributed by atoms with Crippen LogP contribution in [0.3, 0.4) is 0 Å². The molecule has 0 spiro atoms. The van der Waals surface area contributed by atoms with Crippen LogP contribution in [-0.2, 0) is 10.4 Å². The number of likely N-dealkylation sites (tertiary alicyclic amines) is 2. The molecule has 0 saturated carbocycles. The zero-order chi connectivity index (χ0) is 27.6. The molecule has 2 aromatic rings. The van der Waals surface area contributed by atoms with Crippen molar-refractivity contribution in [2.24, 2.45) is 0 Å². The first-order valence-electron chi connectivity index (χ1n) is 12.6. The molecular weight excluding hydrogens is 566 g/mol. The quantitative estimate of drug-likeness (QED) is 0.430. The third-order valence-corrected chi connectivity index (χ3v) is 7.99. The highest BCUT2D eigenvalue weighted by atomic mass is 35.5. The summed E-state index contributed by atoms with van der Waals surface area (Å²) in [6.07, 6.45) is 1.57. The summed E-state index contributed by atoms with van der Waals surface area (Å²) in [5, 5.41) is 23.8. The summed E-state index contributed by atoms with van der Waals surface area (Å²) >= 11 is 12.7. The number of carbonyl (C=O) groups excluding carboxylic acids is 2. The SMILES string of the molecule is CN(CCO)C(=O)c1c(Cl)cc(NC2CN(C3CCN(C(=O)[C@@](C)(O)c4cccc(F)c4)CC3)C2)cc1Cl.S. The molecule has 39 heavy (non-hydrogen) atoms. The number of carbonyl (C=O) groups is 2. The monoisotopic (exact) mass is 600 g/mol. The van der Waals surface area contributed by atoms with E-state index in [0.717, 1.165) is 31.6 Å². The minimum atomic E-state index is -1.78. The van der Waals surface area contributed by atoms with E-state index in [1.165, 1.54) is 30.0 Å². The number of halogens is 3. The van der Waals surface area contributed by atoms with Crippen molar-refractivity contribution in [2.45, 2.75) is 37.5 Å². The Kier molecular flexibility index (Phi) is 10.5. The fourth-order valence-corrected chi connectivity index (χ4v) is 5.75. The van der Waals surface area contributed by atoms with Crippen molar-refractivity contribution in [1.29, 1.82) is 0 Å². The number of aliphatic hydroxyl groups excluding tert-OH is 1. The molecule has 0 unspecified atom stereocenters. The van der Waals surface area contributed by atoms with Crippen LogP contribution in [0.5, 0.6) is 0 Å². The molecule has 2 saturated heterocycles. The maximum atomic E-state index is 13.6. The normalized spacial score (nSPS) is 18.1. The summed E-state index contributed by atoms with van der Waals surface area (Å²) in [5.74, 6) is -1.25. The highest BCUT2D eigenvalue weighted by molar-refractivity contribution is 7.59. The van der Waals surface area contributed by atoms with Crippen molar-refractivity contribution < 1.29 is 24.2 Å². The lowest BCUT2D eigenvalue weighted by Gasteiger charge is -2.48. The molecule has 214 valence electrons. The molecule has 8 nitrogen and oxygen atoms in total. The lowest BCUT2D eigenvalue weighted by molar-refractivity contribution is -0.152. The van der Waals surface area contributed by atoms with Gasteiger partial charge in [-0.1, -0.05) is 35.3 Å². The van der Waals surface area contributed by atoms with E-state index in [9.17, 15) is 19.1 Å². The molecule has 0 aromatic heterocycles. The molecule has 3 N–H and O–H groups in total. The standard InChI is InChI=1S/C27H33Cl2FN4O4.H2S/c1-27(38,17-4-3-5-18(30)12-17)26(37)33-8-6-21(7-9-33)34-15-20(16-34)31-19-13-22(28)24(23(29)14-19)25(36)32(2)10-11-35;/h3-5,12-14,20-21,31,35,38H,6-11,15-16H2,1-2H3;1H2/t27-;/m0./s1. The average molecular weight is 602 g/mol. The smallest absolute Gasteiger partial charge is 0.258 e. The summed E-state index contributed by atoms with van der Waals surface area (Å²) in [7, 11) is 1.58. The molecular formula is C27H35Cl2FN4O4S. The first-order valence-corrected chi connectivity index (χ1v) is 13.4. The van der Waals surface area contributed by atoms with Crippen molar-refractivity contribution in [3.63, 3.8) is 0 Å². The molecule has 2 heterocycles.